The van der Waals surface area contributed by atoms with E-state index in [0.29, 0.717) is 31.1 Å². The summed E-state index contributed by atoms with van der Waals surface area (Å²) in [5.74, 6) is 0.389. The number of hydrogen-bond donors (Lipinski definition) is 3. The molecule has 2 saturated heterocycles. The quantitative estimate of drug-likeness (QED) is 0.632. The van der Waals surface area contributed by atoms with Gasteiger partial charge in [-0.1, -0.05) is 18.2 Å². The maximum atomic E-state index is 12.9. The van der Waals surface area contributed by atoms with Crippen LogP contribution in [0.15, 0.2) is 30.5 Å². The Balaban J connectivity index is 1.32. The zero-order valence-electron chi connectivity index (χ0n) is 18.7. The Bertz CT molecular complexity index is 953. The fourth-order valence-corrected chi connectivity index (χ4v) is 5.29. The molecule has 3 heterocycles. The van der Waals surface area contributed by atoms with E-state index in [4.69, 9.17) is 0 Å². The SMILES string of the molecule is Cn1cc(C(=O)NC[C@@H]2C[C@H]3CC[C@@H](C2)N3CC(=O)NC(C)(C)CO)c2ccccc21. The monoisotopic (exact) mass is 426 g/mol. The third-order valence-electron chi connectivity index (χ3n) is 6.87. The van der Waals surface area contributed by atoms with E-state index in [1.807, 2.05) is 55.9 Å². The van der Waals surface area contributed by atoms with Crippen LogP contribution >= 0.6 is 0 Å². The van der Waals surface area contributed by atoms with Crippen LogP contribution in [-0.4, -0.2) is 63.7 Å². The molecule has 0 radical (unpaired) electrons. The van der Waals surface area contributed by atoms with Gasteiger partial charge >= 0.3 is 0 Å². The first-order chi connectivity index (χ1) is 14.8. The number of amides is 2. The summed E-state index contributed by atoms with van der Waals surface area (Å²) >= 11 is 0. The van der Waals surface area contributed by atoms with Gasteiger partial charge in [0.15, 0.2) is 0 Å². The van der Waals surface area contributed by atoms with Gasteiger partial charge in [-0.3, -0.25) is 14.5 Å². The number of aliphatic hydroxyl groups excluding tert-OH is 1. The van der Waals surface area contributed by atoms with Crippen LogP contribution in [0.2, 0.25) is 0 Å². The number of aromatic nitrogens is 1. The van der Waals surface area contributed by atoms with Crippen molar-refractivity contribution in [2.24, 2.45) is 13.0 Å². The number of aryl methyl sites for hydroxylation is 1. The molecule has 0 saturated carbocycles. The summed E-state index contributed by atoms with van der Waals surface area (Å²) in [5, 5.41) is 16.4. The largest absolute Gasteiger partial charge is 0.394 e. The molecule has 1 aromatic heterocycles. The molecule has 0 spiro atoms. The van der Waals surface area contributed by atoms with E-state index in [9.17, 15) is 14.7 Å². The number of benzene rings is 1. The lowest BCUT2D eigenvalue weighted by Crippen LogP contribution is -2.53. The lowest BCUT2D eigenvalue weighted by Gasteiger charge is -2.39. The van der Waals surface area contributed by atoms with Crippen molar-refractivity contribution < 1.29 is 14.7 Å². The first kappa shape index (κ1) is 21.8. The average Bonchev–Trinajstić information content (AvgIpc) is 3.18. The van der Waals surface area contributed by atoms with Crippen LogP contribution in [-0.2, 0) is 11.8 Å². The van der Waals surface area contributed by atoms with Crippen molar-refractivity contribution in [1.29, 1.82) is 0 Å². The fraction of sp³-hybridized carbons (Fsp3) is 0.583. The van der Waals surface area contributed by atoms with Gasteiger partial charge in [-0.2, -0.15) is 0 Å². The minimum absolute atomic E-state index is 0.0165. The molecule has 2 aliphatic rings. The molecule has 168 valence electrons. The van der Waals surface area contributed by atoms with Crippen molar-refractivity contribution in [3.63, 3.8) is 0 Å². The van der Waals surface area contributed by atoms with Gasteiger partial charge in [0.05, 0.1) is 24.3 Å². The highest BCUT2D eigenvalue weighted by Crippen LogP contribution is 2.38. The van der Waals surface area contributed by atoms with E-state index in [0.717, 1.165) is 42.1 Å². The van der Waals surface area contributed by atoms with Crippen LogP contribution in [0.25, 0.3) is 10.9 Å². The van der Waals surface area contributed by atoms with Crippen LogP contribution in [0.5, 0.6) is 0 Å². The van der Waals surface area contributed by atoms with Gasteiger partial charge in [0, 0.05) is 42.8 Å². The minimum atomic E-state index is -0.597. The standard InChI is InChI=1S/C24H34N4O3/c1-24(2,15-29)26-22(30)14-28-17-8-9-18(28)11-16(10-17)12-25-23(31)20-13-27(3)21-7-5-4-6-19(20)21/h4-7,13,16-18,29H,8-12,14-15H2,1-3H3,(H,25,31)(H,26,30)/t16-,17-,18+. The second-order valence-electron chi connectivity index (χ2n) is 9.87. The summed E-state index contributed by atoms with van der Waals surface area (Å²) in [5.41, 5.74) is 1.18. The van der Waals surface area contributed by atoms with Crippen LogP contribution in [0, 0.1) is 5.92 Å². The molecule has 7 nitrogen and oxygen atoms in total. The van der Waals surface area contributed by atoms with Gasteiger partial charge in [-0.05, 0) is 51.5 Å². The van der Waals surface area contributed by atoms with Crippen molar-refractivity contribution in [2.75, 3.05) is 19.7 Å². The van der Waals surface area contributed by atoms with Gasteiger partial charge in [0.25, 0.3) is 5.91 Å². The number of carbonyl (C=O) groups is 2. The Morgan fingerprint density at radius 2 is 1.84 bits per heavy atom. The molecule has 31 heavy (non-hydrogen) atoms. The summed E-state index contributed by atoms with van der Waals surface area (Å²) in [4.78, 5) is 27.6. The summed E-state index contributed by atoms with van der Waals surface area (Å²) in [6.07, 6.45) is 6.12. The molecule has 7 heteroatoms. The van der Waals surface area contributed by atoms with Crippen molar-refractivity contribution in [3.05, 3.63) is 36.0 Å². The van der Waals surface area contributed by atoms with Gasteiger partial charge in [0.1, 0.15) is 0 Å². The third kappa shape index (κ3) is 4.62. The molecular formula is C24H34N4O3. The Kier molecular flexibility index (Phi) is 6.08. The fourth-order valence-electron chi connectivity index (χ4n) is 5.29. The molecule has 2 amide bonds. The summed E-state index contributed by atoms with van der Waals surface area (Å²) in [6, 6.07) is 8.74. The minimum Gasteiger partial charge on any atom is -0.394 e. The van der Waals surface area contributed by atoms with E-state index in [2.05, 4.69) is 15.5 Å². The highest BCUT2D eigenvalue weighted by Gasteiger charge is 2.41. The highest BCUT2D eigenvalue weighted by molar-refractivity contribution is 6.06. The molecule has 3 atom stereocenters. The lowest BCUT2D eigenvalue weighted by atomic mass is 9.90. The van der Waals surface area contributed by atoms with Crippen LogP contribution < -0.4 is 10.6 Å². The first-order valence-electron chi connectivity index (χ1n) is 11.3. The second kappa shape index (κ2) is 8.63. The highest BCUT2D eigenvalue weighted by atomic mass is 16.3. The Morgan fingerprint density at radius 3 is 2.52 bits per heavy atom. The number of rotatable bonds is 7. The smallest absolute Gasteiger partial charge is 0.253 e. The molecule has 2 aliphatic heterocycles. The normalized spacial score (nSPS) is 23.8. The lowest BCUT2D eigenvalue weighted by molar-refractivity contribution is -0.125. The Labute approximate surface area is 183 Å². The van der Waals surface area contributed by atoms with Gasteiger partial charge in [-0.25, -0.2) is 0 Å². The molecule has 2 aromatic rings. The van der Waals surface area contributed by atoms with Crippen molar-refractivity contribution in [1.82, 2.24) is 20.1 Å². The summed E-state index contributed by atoms with van der Waals surface area (Å²) < 4.78 is 1.99. The van der Waals surface area contributed by atoms with E-state index < -0.39 is 5.54 Å². The summed E-state index contributed by atoms with van der Waals surface area (Å²) in [6.45, 7) is 4.62. The van der Waals surface area contributed by atoms with Gasteiger partial charge < -0.3 is 20.3 Å². The number of fused-ring (bicyclic) bond motifs is 3. The van der Waals surface area contributed by atoms with E-state index in [1.165, 1.54) is 0 Å². The van der Waals surface area contributed by atoms with Crippen LogP contribution in [0.1, 0.15) is 49.9 Å². The number of carbonyl (C=O) groups excluding carboxylic acids is 2. The summed E-state index contributed by atoms with van der Waals surface area (Å²) in [7, 11) is 1.96. The van der Waals surface area contributed by atoms with Crippen LogP contribution in [0.3, 0.4) is 0 Å². The molecule has 4 rings (SSSR count). The number of para-hydroxylation sites is 1. The molecule has 0 aliphatic carbocycles. The maximum Gasteiger partial charge on any atom is 0.253 e. The number of aliphatic hydroxyl groups is 1. The molecular weight excluding hydrogens is 392 g/mol. The number of hydrogen-bond acceptors (Lipinski definition) is 4. The van der Waals surface area contributed by atoms with Crippen LogP contribution in [0.4, 0.5) is 0 Å². The average molecular weight is 427 g/mol. The van der Waals surface area contributed by atoms with Crippen molar-refractivity contribution in [3.8, 4) is 0 Å². The van der Waals surface area contributed by atoms with Gasteiger partial charge in [0.2, 0.25) is 5.91 Å². The first-order valence-corrected chi connectivity index (χ1v) is 11.3. The van der Waals surface area contributed by atoms with E-state index in [-0.39, 0.29) is 18.4 Å². The molecule has 1 aromatic carbocycles. The van der Waals surface area contributed by atoms with Gasteiger partial charge in [-0.15, -0.1) is 0 Å². The predicted octanol–water partition coefficient (Wildman–Crippen LogP) is 2.04. The molecule has 0 unspecified atom stereocenters. The number of piperidine rings is 1. The Hall–Kier alpha value is -2.38. The third-order valence-corrected chi connectivity index (χ3v) is 6.87. The van der Waals surface area contributed by atoms with Crippen molar-refractivity contribution >= 4 is 22.7 Å². The Morgan fingerprint density at radius 1 is 1.16 bits per heavy atom. The maximum absolute atomic E-state index is 12.9. The topological polar surface area (TPSA) is 86.6 Å². The zero-order valence-corrected chi connectivity index (χ0v) is 18.7. The van der Waals surface area contributed by atoms with Crippen molar-refractivity contribution in [2.45, 2.75) is 57.2 Å². The number of nitrogens with one attached hydrogen (secondary N) is 2. The molecule has 2 bridgehead atoms. The van der Waals surface area contributed by atoms with E-state index >= 15 is 0 Å². The number of nitrogens with zero attached hydrogens (tertiary/aromatic N) is 2. The predicted molar refractivity (Wildman–Crippen MR) is 121 cm³/mol. The second-order valence-corrected chi connectivity index (χ2v) is 9.87. The zero-order chi connectivity index (χ0) is 22.2. The van der Waals surface area contributed by atoms with E-state index in [1.54, 1.807) is 0 Å². The molecule has 2 fully saturated rings. The molecule has 3 N–H and O–H groups in total.